The molecule has 1 aliphatic heterocycles. The van der Waals surface area contributed by atoms with Crippen LogP contribution >= 0.6 is 27.3 Å². The summed E-state index contributed by atoms with van der Waals surface area (Å²) in [6.45, 7) is 0.509. The number of carbonyl (C=O) groups excluding carboxylic acids is 1. The van der Waals surface area contributed by atoms with E-state index in [1.165, 1.54) is 0 Å². The number of amides is 1. The largest absolute Gasteiger partial charge is 0.450 e. The maximum absolute atomic E-state index is 13.4. The lowest BCUT2D eigenvalue weighted by Crippen LogP contribution is -2.31. The molecule has 0 bridgehead atoms. The molecule has 1 atom stereocenters. The van der Waals surface area contributed by atoms with Crippen LogP contribution in [-0.4, -0.2) is 17.4 Å². The number of benzene rings is 2. The molecule has 29 heavy (non-hydrogen) atoms. The zero-order valence-corrected chi connectivity index (χ0v) is 17.7. The van der Waals surface area contributed by atoms with E-state index in [0.29, 0.717) is 29.5 Å². The van der Waals surface area contributed by atoms with Gasteiger partial charge in [0, 0.05) is 15.9 Å². The highest BCUT2D eigenvalue weighted by molar-refractivity contribution is 9.10. The van der Waals surface area contributed by atoms with Crippen molar-refractivity contribution in [3.05, 3.63) is 103 Å². The average Bonchev–Trinajstić information content (AvgIpc) is 3.35. The lowest BCUT2D eigenvalue weighted by Gasteiger charge is -2.23. The number of halogens is 1. The monoisotopic (exact) mass is 465 g/mol. The molecule has 0 radical (unpaired) electrons. The van der Waals surface area contributed by atoms with Gasteiger partial charge in [-0.05, 0) is 41.6 Å². The van der Waals surface area contributed by atoms with Crippen LogP contribution in [0.25, 0.3) is 11.0 Å². The summed E-state index contributed by atoms with van der Waals surface area (Å²) in [6, 6.07) is 18.8. The van der Waals surface area contributed by atoms with E-state index < -0.39 is 6.04 Å². The van der Waals surface area contributed by atoms with Crippen molar-refractivity contribution in [1.82, 2.24) is 4.90 Å². The number of nitrogens with zero attached hydrogens (tertiary/aromatic N) is 1. The first-order valence-electron chi connectivity index (χ1n) is 9.28. The van der Waals surface area contributed by atoms with Gasteiger partial charge in [0.2, 0.25) is 5.76 Å². The fourth-order valence-electron chi connectivity index (χ4n) is 3.86. The molecule has 0 saturated heterocycles. The van der Waals surface area contributed by atoms with Gasteiger partial charge in [0.25, 0.3) is 5.91 Å². The fourth-order valence-corrected chi connectivity index (χ4v) is 5.07. The Morgan fingerprint density at radius 3 is 2.62 bits per heavy atom. The smallest absolute Gasteiger partial charge is 0.290 e. The minimum absolute atomic E-state index is 0.142. The second kappa shape index (κ2) is 7.28. The van der Waals surface area contributed by atoms with Crippen molar-refractivity contribution < 1.29 is 9.21 Å². The summed E-state index contributed by atoms with van der Waals surface area (Å²) in [5.74, 6) is -0.0625. The van der Waals surface area contributed by atoms with Gasteiger partial charge in [0.15, 0.2) is 5.43 Å². The Hall–Kier alpha value is -2.70. The predicted octanol–water partition coefficient (Wildman–Crippen LogP) is 5.40. The molecule has 5 rings (SSSR count). The highest BCUT2D eigenvalue weighted by atomic mass is 79.9. The summed E-state index contributed by atoms with van der Waals surface area (Å²) in [7, 11) is 0. The normalized spacial score (nSPS) is 15.8. The number of hydrogen-bond donors (Lipinski definition) is 0. The average molecular weight is 466 g/mol. The summed E-state index contributed by atoms with van der Waals surface area (Å²) in [4.78, 5) is 29.4. The molecular formula is C23H16BrNO3S. The molecule has 4 nitrogen and oxygen atoms in total. The van der Waals surface area contributed by atoms with E-state index in [2.05, 4.69) is 15.9 Å². The van der Waals surface area contributed by atoms with Gasteiger partial charge in [-0.15, -0.1) is 11.3 Å². The van der Waals surface area contributed by atoms with Gasteiger partial charge in [-0.1, -0.05) is 52.3 Å². The highest BCUT2D eigenvalue weighted by Gasteiger charge is 2.42. The molecule has 0 aliphatic carbocycles. The molecule has 3 heterocycles. The first kappa shape index (κ1) is 18.3. The fraction of sp³-hybridized carbons (Fsp3) is 0.130. The third kappa shape index (κ3) is 3.12. The van der Waals surface area contributed by atoms with Gasteiger partial charge in [-0.25, -0.2) is 0 Å². The summed E-state index contributed by atoms with van der Waals surface area (Å²) in [5.41, 5.74) is 1.88. The number of thiophene rings is 1. The van der Waals surface area contributed by atoms with Crippen molar-refractivity contribution in [1.29, 1.82) is 0 Å². The van der Waals surface area contributed by atoms with Crippen LogP contribution in [0, 0.1) is 0 Å². The van der Waals surface area contributed by atoms with Gasteiger partial charge < -0.3 is 9.32 Å². The van der Waals surface area contributed by atoms with Crippen LogP contribution in [0.4, 0.5) is 0 Å². The molecule has 2 aromatic heterocycles. The zero-order valence-electron chi connectivity index (χ0n) is 15.3. The van der Waals surface area contributed by atoms with Crippen LogP contribution in [0.5, 0.6) is 0 Å². The second-order valence-electron chi connectivity index (χ2n) is 6.97. The molecule has 6 heteroatoms. The van der Waals surface area contributed by atoms with Crippen LogP contribution in [0.3, 0.4) is 0 Å². The van der Waals surface area contributed by atoms with Crippen LogP contribution < -0.4 is 5.43 Å². The van der Waals surface area contributed by atoms with E-state index in [1.54, 1.807) is 34.4 Å². The lowest BCUT2D eigenvalue weighted by molar-refractivity contribution is 0.0732. The van der Waals surface area contributed by atoms with Crippen molar-refractivity contribution >= 4 is 44.1 Å². The summed E-state index contributed by atoms with van der Waals surface area (Å²) in [5, 5.41) is 2.45. The SMILES string of the molecule is O=C1c2oc3ccc(Br)cc3c(=O)c2C(c2cccs2)N1CCc1ccccc1. The van der Waals surface area contributed by atoms with E-state index in [4.69, 9.17) is 4.42 Å². The minimum atomic E-state index is -0.416. The van der Waals surface area contributed by atoms with Crippen molar-refractivity contribution in [2.24, 2.45) is 0 Å². The van der Waals surface area contributed by atoms with Gasteiger partial charge in [-0.3, -0.25) is 9.59 Å². The third-order valence-electron chi connectivity index (χ3n) is 5.22. The molecule has 1 amide bonds. The Kier molecular flexibility index (Phi) is 4.60. The number of carbonyl (C=O) groups is 1. The van der Waals surface area contributed by atoms with Crippen LogP contribution in [0.15, 0.2) is 79.7 Å². The van der Waals surface area contributed by atoms with Gasteiger partial charge in [0.1, 0.15) is 5.58 Å². The molecule has 0 fully saturated rings. The van der Waals surface area contributed by atoms with E-state index in [9.17, 15) is 9.59 Å². The summed E-state index contributed by atoms with van der Waals surface area (Å²) < 4.78 is 6.76. The van der Waals surface area contributed by atoms with Crippen LogP contribution in [0.1, 0.15) is 32.6 Å². The topological polar surface area (TPSA) is 50.5 Å². The summed E-state index contributed by atoms with van der Waals surface area (Å²) in [6.07, 6.45) is 0.710. The maximum Gasteiger partial charge on any atom is 0.290 e. The van der Waals surface area contributed by atoms with Gasteiger partial charge in [-0.2, -0.15) is 0 Å². The Bertz CT molecular complexity index is 1260. The zero-order chi connectivity index (χ0) is 20.0. The standard InChI is InChI=1S/C23H16BrNO3S/c24-15-8-9-17-16(13-15)21(26)19-20(18-7-4-12-29-18)25(23(27)22(19)28-17)11-10-14-5-2-1-3-6-14/h1-9,12-13,20H,10-11H2. The van der Waals surface area contributed by atoms with E-state index in [0.717, 1.165) is 14.9 Å². The molecule has 0 saturated carbocycles. The van der Waals surface area contributed by atoms with Crippen molar-refractivity contribution in [2.75, 3.05) is 6.54 Å². The van der Waals surface area contributed by atoms with Gasteiger partial charge >= 0.3 is 0 Å². The highest BCUT2D eigenvalue weighted by Crippen LogP contribution is 2.40. The predicted molar refractivity (Wildman–Crippen MR) is 118 cm³/mol. The first-order chi connectivity index (χ1) is 14.1. The molecule has 4 aromatic rings. The quantitative estimate of drug-likeness (QED) is 0.405. The van der Waals surface area contributed by atoms with E-state index in [1.807, 2.05) is 47.8 Å². The van der Waals surface area contributed by atoms with E-state index >= 15 is 0 Å². The Morgan fingerprint density at radius 1 is 1.03 bits per heavy atom. The minimum Gasteiger partial charge on any atom is -0.450 e. The number of hydrogen-bond acceptors (Lipinski definition) is 4. The molecule has 0 N–H and O–H groups in total. The Labute approximate surface area is 179 Å². The second-order valence-corrected chi connectivity index (χ2v) is 8.86. The van der Waals surface area contributed by atoms with Crippen molar-refractivity contribution in [3.63, 3.8) is 0 Å². The molecule has 144 valence electrons. The maximum atomic E-state index is 13.4. The number of rotatable bonds is 4. The van der Waals surface area contributed by atoms with E-state index in [-0.39, 0.29) is 17.1 Å². The lowest BCUT2D eigenvalue weighted by atomic mass is 10.0. The molecule has 2 aromatic carbocycles. The third-order valence-corrected chi connectivity index (χ3v) is 6.64. The van der Waals surface area contributed by atoms with Crippen molar-refractivity contribution in [3.8, 4) is 0 Å². The first-order valence-corrected chi connectivity index (χ1v) is 11.0. The van der Waals surface area contributed by atoms with Crippen LogP contribution in [0.2, 0.25) is 0 Å². The molecule has 1 unspecified atom stereocenters. The molecule has 1 aliphatic rings. The number of fused-ring (bicyclic) bond motifs is 2. The Balaban J connectivity index is 1.64. The van der Waals surface area contributed by atoms with Gasteiger partial charge in [0.05, 0.1) is 17.0 Å². The Morgan fingerprint density at radius 2 is 1.86 bits per heavy atom. The molecule has 0 spiro atoms. The van der Waals surface area contributed by atoms with Crippen LogP contribution in [-0.2, 0) is 6.42 Å². The van der Waals surface area contributed by atoms with Crippen molar-refractivity contribution in [2.45, 2.75) is 12.5 Å². The molecular weight excluding hydrogens is 450 g/mol. The summed E-state index contributed by atoms with van der Waals surface area (Å²) >= 11 is 4.96.